The van der Waals surface area contributed by atoms with Gasteiger partial charge in [0.1, 0.15) is 5.57 Å². The van der Waals surface area contributed by atoms with Crippen LogP contribution in [0.25, 0.3) is 6.08 Å². The van der Waals surface area contributed by atoms with Crippen LogP contribution in [-0.2, 0) is 9.59 Å². The molecule has 2 aliphatic heterocycles. The first-order valence-corrected chi connectivity index (χ1v) is 11.3. The molecule has 4 rings (SSSR count). The summed E-state index contributed by atoms with van der Waals surface area (Å²) >= 11 is 8.69. The lowest BCUT2D eigenvalue weighted by Gasteiger charge is -2.45. The first-order valence-electron chi connectivity index (χ1n) is 10.1. The normalized spacial score (nSPS) is 21.9. The summed E-state index contributed by atoms with van der Waals surface area (Å²) in [4.78, 5) is 29.5. The smallest absolute Gasteiger partial charge is 0.270 e. The topological polar surface area (TPSA) is 52.7 Å². The minimum Gasteiger partial charge on any atom is -0.369 e. The second-order valence-corrected chi connectivity index (χ2v) is 10.0. The third-order valence-electron chi connectivity index (χ3n) is 6.14. The standard InChI is InChI=1S/C24H24BrN3O2S/c1-14-13-24(2,3)27(4)20-9-8-15(10-18(14)20)11-19-21(29)26-23(31)28(22(19)30)17-7-5-6-16(25)12-17/h5-12,14H,13H2,1-4H3,(H,26,29,31)/b19-11-. The zero-order chi connectivity index (χ0) is 22.5. The summed E-state index contributed by atoms with van der Waals surface area (Å²) in [5.41, 5.74) is 3.95. The minimum absolute atomic E-state index is 0.0608. The third-order valence-corrected chi connectivity index (χ3v) is 6.91. The highest BCUT2D eigenvalue weighted by molar-refractivity contribution is 9.10. The molecule has 0 spiro atoms. The zero-order valence-corrected chi connectivity index (χ0v) is 20.3. The van der Waals surface area contributed by atoms with E-state index < -0.39 is 11.8 Å². The van der Waals surface area contributed by atoms with Gasteiger partial charge in [0.05, 0.1) is 5.69 Å². The maximum absolute atomic E-state index is 13.2. The average Bonchev–Trinajstić information content (AvgIpc) is 2.69. The molecule has 0 aromatic heterocycles. The Balaban J connectivity index is 1.73. The van der Waals surface area contributed by atoms with Crippen LogP contribution in [0.1, 0.15) is 44.2 Å². The molecular formula is C24H24BrN3O2S. The van der Waals surface area contributed by atoms with Gasteiger partial charge in [-0.1, -0.05) is 35.0 Å². The van der Waals surface area contributed by atoms with Gasteiger partial charge in [-0.05, 0) is 85.9 Å². The van der Waals surface area contributed by atoms with Crippen LogP contribution in [0.15, 0.2) is 52.5 Å². The highest BCUT2D eigenvalue weighted by Crippen LogP contribution is 2.42. The van der Waals surface area contributed by atoms with Crippen LogP contribution < -0.4 is 15.1 Å². The van der Waals surface area contributed by atoms with Crippen molar-refractivity contribution in [2.75, 3.05) is 16.8 Å². The molecule has 2 amide bonds. The van der Waals surface area contributed by atoms with Crippen LogP contribution in [0.5, 0.6) is 0 Å². The van der Waals surface area contributed by atoms with E-state index in [1.54, 1.807) is 18.2 Å². The molecule has 1 unspecified atom stereocenters. The minimum atomic E-state index is -0.481. The van der Waals surface area contributed by atoms with E-state index in [9.17, 15) is 9.59 Å². The maximum Gasteiger partial charge on any atom is 0.270 e. The number of hydrogen-bond acceptors (Lipinski definition) is 4. The van der Waals surface area contributed by atoms with Gasteiger partial charge >= 0.3 is 0 Å². The zero-order valence-electron chi connectivity index (χ0n) is 17.9. The second-order valence-electron chi connectivity index (χ2n) is 8.73. The van der Waals surface area contributed by atoms with Crippen molar-refractivity contribution in [2.45, 2.75) is 38.6 Å². The lowest BCUT2D eigenvalue weighted by atomic mass is 9.80. The van der Waals surface area contributed by atoms with Crippen LogP contribution in [0, 0.1) is 0 Å². The van der Waals surface area contributed by atoms with Gasteiger partial charge in [0.25, 0.3) is 11.8 Å². The second kappa shape index (κ2) is 7.88. The molecule has 2 aromatic rings. The van der Waals surface area contributed by atoms with Crippen molar-refractivity contribution in [3.8, 4) is 0 Å². The van der Waals surface area contributed by atoms with E-state index in [4.69, 9.17) is 12.2 Å². The van der Waals surface area contributed by atoms with Crippen LogP contribution in [0.4, 0.5) is 11.4 Å². The number of anilines is 2. The van der Waals surface area contributed by atoms with Crippen molar-refractivity contribution in [3.63, 3.8) is 0 Å². The third kappa shape index (κ3) is 3.92. The number of rotatable bonds is 2. The van der Waals surface area contributed by atoms with Gasteiger partial charge in [0, 0.05) is 22.7 Å². The summed E-state index contributed by atoms with van der Waals surface area (Å²) in [6.45, 7) is 6.70. The van der Waals surface area contributed by atoms with Gasteiger partial charge < -0.3 is 4.90 Å². The Kier molecular flexibility index (Phi) is 5.52. The van der Waals surface area contributed by atoms with E-state index in [1.807, 2.05) is 18.2 Å². The Bertz CT molecular complexity index is 1140. The number of carbonyl (C=O) groups is 2. The number of amides is 2. The molecule has 0 aliphatic carbocycles. The quantitative estimate of drug-likeness (QED) is 0.360. The molecule has 5 nitrogen and oxygen atoms in total. The molecule has 0 bridgehead atoms. The molecule has 1 fully saturated rings. The predicted molar refractivity (Wildman–Crippen MR) is 132 cm³/mol. The van der Waals surface area contributed by atoms with Crippen molar-refractivity contribution in [1.29, 1.82) is 0 Å². The lowest BCUT2D eigenvalue weighted by Crippen LogP contribution is -2.54. The largest absolute Gasteiger partial charge is 0.369 e. The van der Waals surface area contributed by atoms with Gasteiger partial charge in [0.2, 0.25) is 0 Å². The monoisotopic (exact) mass is 497 g/mol. The molecule has 31 heavy (non-hydrogen) atoms. The Labute approximate surface area is 196 Å². The van der Waals surface area contributed by atoms with E-state index in [2.05, 4.69) is 66.1 Å². The number of thiocarbonyl (C=S) groups is 1. The summed E-state index contributed by atoms with van der Waals surface area (Å²) in [5.74, 6) is -0.540. The number of nitrogens with one attached hydrogen (secondary N) is 1. The highest BCUT2D eigenvalue weighted by Gasteiger charge is 2.36. The van der Waals surface area contributed by atoms with Crippen molar-refractivity contribution in [2.24, 2.45) is 0 Å². The van der Waals surface area contributed by atoms with Crippen LogP contribution in [0.2, 0.25) is 0 Å². The molecule has 2 aromatic carbocycles. The van der Waals surface area contributed by atoms with E-state index >= 15 is 0 Å². The number of carbonyl (C=O) groups excluding carboxylic acids is 2. The van der Waals surface area contributed by atoms with E-state index in [1.165, 1.54) is 16.2 Å². The number of hydrogen-bond donors (Lipinski definition) is 1. The van der Waals surface area contributed by atoms with E-state index in [-0.39, 0.29) is 16.2 Å². The summed E-state index contributed by atoms with van der Waals surface area (Å²) in [7, 11) is 2.11. The fourth-order valence-electron chi connectivity index (χ4n) is 4.36. The van der Waals surface area contributed by atoms with Gasteiger partial charge in [-0.25, -0.2) is 0 Å². The van der Waals surface area contributed by atoms with Gasteiger partial charge in [0.15, 0.2) is 5.11 Å². The van der Waals surface area contributed by atoms with E-state index in [0.29, 0.717) is 11.6 Å². The molecule has 1 atom stereocenters. The Morgan fingerprint density at radius 3 is 2.65 bits per heavy atom. The van der Waals surface area contributed by atoms with Crippen LogP contribution in [-0.4, -0.2) is 29.5 Å². The fraction of sp³-hybridized carbons (Fsp3) is 0.292. The molecule has 160 valence electrons. The lowest BCUT2D eigenvalue weighted by molar-refractivity contribution is -0.122. The molecular weight excluding hydrogens is 474 g/mol. The molecule has 0 radical (unpaired) electrons. The summed E-state index contributed by atoms with van der Waals surface area (Å²) in [6, 6.07) is 13.4. The van der Waals surface area contributed by atoms with Crippen molar-refractivity contribution >= 4 is 62.5 Å². The Morgan fingerprint density at radius 1 is 1.19 bits per heavy atom. The number of nitrogens with zero attached hydrogens (tertiary/aromatic N) is 2. The Morgan fingerprint density at radius 2 is 1.94 bits per heavy atom. The molecule has 7 heteroatoms. The molecule has 2 aliphatic rings. The summed E-state index contributed by atoms with van der Waals surface area (Å²) < 4.78 is 0.818. The van der Waals surface area contributed by atoms with Crippen molar-refractivity contribution < 1.29 is 9.59 Å². The van der Waals surface area contributed by atoms with Gasteiger partial charge in [-0.15, -0.1) is 0 Å². The summed E-state index contributed by atoms with van der Waals surface area (Å²) in [5, 5.41) is 2.72. The highest BCUT2D eigenvalue weighted by atomic mass is 79.9. The van der Waals surface area contributed by atoms with Crippen LogP contribution >= 0.6 is 28.1 Å². The molecule has 0 saturated carbocycles. The molecule has 1 N–H and O–H groups in total. The Hall–Kier alpha value is -2.51. The molecule has 1 saturated heterocycles. The van der Waals surface area contributed by atoms with Crippen molar-refractivity contribution in [3.05, 3.63) is 63.6 Å². The van der Waals surface area contributed by atoms with Crippen molar-refractivity contribution in [1.82, 2.24) is 5.32 Å². The SMILES string of the molecule is CC1CC(C)(C)N(C)c2ccc(/C=C3/C(=O)NC(=S)N(c4cccc(Br)c4)C3=O)cc21. The predicted octanol–water partition coefficient (Wildman–Crippen LogP) is 5.00. The summed E-state index contributed by atoms with van der Waals surface area (Å²) in [6.07, 6.45) is 2.68. The maximum atomic E-state index is 13.2. The number of halogens is 1. The van der Waals surface area contributed by atoms with E-state index in [0.717, 1.165) is 16.5 Å². The average molecular weight is 498 g/mol. The number of fused-ring (bicyclic) bond motifs is 1. The first-order chi connectivity index (χ1) is 14.6. The van der Waals surface area contributed by atoms with Gasteiger partial charge in [-0.3, -0.25) is 19.8 Å². The fourth-order valence-corrected chi connectivity index (χ4v) is 5.03. The molecule has 2 heterocycles. The first kappa shape index (κ1) is 21.7. The van der Waals surface area contributed by atoms with Gasteiger partial charge in [-0.2, -0.15) is 0 Å². The number of benzene rings is 2. The van der Waals surface area contributed by atoms with Crippen LogP contribution in [0.3, 0.4) is 0 Å².